The maximum atomic E-state index is 14.4. The highest BCUT2D eigenvalue weighted by Crippen LogP contribution is 2.38. The zero-order valence-corrected chi connectivity index (χ0v) is 13.4. The fourth-order valence-corrected chi connectivity index (χ4v) is 3.48. The first-order valence-corrected chi connectivity index (χ1v) is 8.13. The van der Waals surface area contributed by atoms with E-state index in [1.165, 1.54) is 12.8 Å². The molecule has 2 aromatic rings. The van der Waals surface area contributed by atoms with E-state index in [4.69, 9.17) is 0 Å². The van der Waals surface area contributed by atoms with Gasteiger partial charge in [0, 0.05) is 23.8 Å². The van der Waals surface area contributed by atoms with E-state index in [1.54, 1.807) is 0 Å². The molecule has 21 heavy (non-hydrogen) atoms. The van der Waals surface area contributed by atoms with Crippen molar-refractivity contribution in [3.8, 4) is 0 Å². The van der Waals surface area contributed by atoms with Gasteiger partial charge in [-0.2, -0.15) is 0 Å². The van der Waals surface area contributed by atoms with Crippen LogP contribution in [0, 0.1) is 11.6 Å². The minimum absolute atomic E-state index is 0.121. The summed E-state index contributed by atoms with van der Waals surface area (Å²) in [5, 5.41) is 3.37. The molecule has 0 atom stereocenters. The Labute approximate surface area is 131 Å². The van der Waals surface area contributed by atoms with Crippen LogP contribution >= 0.6 is 15.9 Å². The Bertz CT molecular complexity index is 682. The molecule has 0 spiro atoms. The van der Waals surface area contributed by atoms with Gasteiger partial charge in [0.25, 0.3) is 0 Å². The molecular weight excluding hydrogens is 338 g/mol. The normalized spacial score (nSPS) is 15.8. The Morgan fingerprint density at radius 3 is 2.67 bits per heavy atom. The maximum absolute atomic E-state index is 14.4. The van der Waals surface area contributed by atoms with Crippen molar-refractivity contribution >= 4 is 32.5 Å². The molecule has 0 saturated heterocycles. The second kappa shape index (κ2) is 5.87. The fourth-order valence-electron chi connectivity index (χ4n) is 3.08. The summed E-state index contributed by atoms with van der Waals surface area (Å²) in [6, 6.07) is 3.04. The largest absolute Gasteiger partial charge is 0.385 e. The third-order valence-electron chi connectivity index (χ3n) is 4.09. The molecule has 1 aromatic heterocycles. The van der Waals surface area contributed by atoms with Crippen molar-refractivity contribution in [3.63, 3.8) is 0 Å². The van der Waals surface area contributed by atoms with Crippen molar-refractivity contribution in [1.29, 1.82) is 0 Å². The van der Waals surface area contributed by atoms with Gasteiger partial charge in [-0.3, -0.25) is 0 Å². The van der Waals surface area contributed by atoms with E-state index in [9.17, 15) is 8.78 Å². The van der Waals surface area contributed by atoms with Gasteiger partial charge < -0.3 is 5.32 Å². The standard InChI is InChI=1S/C16H17BrF2N2/c1-2-20-13-8-12(9-5-3-4-6-9)21-16-11(18)7-10(17)15(19)14(13)16/h7-9H,2-6H2,1H3,(H,20,21). The number of nitrogens with one attached hydrogen (secondary N) is 1. The first-order chi connectivity index (χ1) is 10.1. The molecule has 0 amide bonds. The third kappa shape index (κ3) is 2.63. The molecule has 1 aliphatic carbocycles. The summed E-state index contributed by atoms with van der Waals surface area (Å²) in [6.45, 7) is 2.59. The highest BCUT2D eigenvalue weighted by molar-refractivity contribution is 9.10. The first kappa shape index (κ1) is 14.7. The number of hydrogen-bond donors (Lipinski definition) is 1. The molecule has 1 aliphatic rings. The molecule has 5 heteroatoms. The van der Waals surface area contributed by atoms with E-state index in [1.807, 2.05) is 13.0 Å². The maximum Gasteiger partial charge on any atom is 0.150 e. The van der Waals surface area contributed by atoms with Gasteiger partial charge >= 0.3 is 0 Å². The van der Waals surface area contributed by atoms with Gasteiger partial charge in [0.2, 0.25) is 0 Å². The van der Waals surface area contributed by atoms with E-state index in [-0.39, 0.29) is 15.4 Å². The number of fused-ring (bicyclic) bond motifs is 1. The number of rotatable bonds is 3. The van der Waals surface area contributed by atoms with Crippen LogP contribution in [-0.2, 0) is 0 Å². The highest BCUT2D eigenvalue weighted by atomic mass is 79.9. The summed E-state index contributed by atoms with van der Waals surface area (Å²) in [5.74, 6) is -0.594. The van der Waals surface area contributed by atoms with Crippen LogP contribution in [0.2, 0.25) is 0 Å². The van der Waals surface area contributed by atoms with Crippen molar-refractivity contribution in [2.75, 3.05) is 11.9 Å². The Morgan fingerprint density at radius 2 is 2.00 bits per heavy atom. The van der Waals surface area contributed by atoms with Crippen molar-refractivity contribution in [1.82, 2.24) is 4.98 Å². The molecule has 0 radical (unpaired) electrons. The molecule has 1 fully saturated rings. The van der Waals surface area contributed by atoms with Crippen LogP contribution in [0.4, 0.5) is 14.5 Å². The number of halogens is 3. The van der Waals surface area contributed by atoms with Gasteiger partial charge in [-0.15, -0.1) is 0 Å². The van der Waals surface area contributed by atoms with E-state index in [0.717, 1.165) is 24.6 Å². The molecule has 1 saturated carbocycles. The lowest BCUT2D eigenvalue weighted by Crippen LogP contribution is -2.05. The van der Waals surface area contributed by atoms with Crippen molar-refractivity contribution in [2.45, 2.75) is 38.5 Å². The number of hydrogen-bond acceptors (Lipinski definition) is 2. The second-order valence-corrected chi connectivity index (χ2v) is 6.34. The lowest BCUT2D eigenvalue weighted by Gasteiger charge is -2.15. The summed E-state index contributed by atoms with van der Waals surface area (Å²) in [7, 11) is 0. The van der Waals surface area contributed by atoms with Gasteiger partial charge in [0.1, 0.15) is 11.3 Å². The SMILES string of the molecule is CCNc1cc(C2CCCC2)nc2c(F)cc(Br)c(F)c12. The van der Waals surface area contributed by atoms with Gasteiger partial charge in [0.15, 0.2) is 5.82 Å². The van der Waals surface area contributed by atoms with Crippen LogP contribution in [-0.4, -0.2) is 11.5 Å². The summed E-state index contributed by atoms with van der Waals surface area (Å²) in [4.78, 5) is 4.43. The zero-order chi connectivity index (χ0) is 15.0. The van der Waals surface area contributed by atoms with Gasteiger partial charge in [-0.25, -0.2) is 13.8 Å². The summed E-state index contributed by atoms with van der Waals surface area (Å²) >= 11 is 3.07. The van der Waals surface area contributed by atoms with Crippen LogP contribution in [0.1, 0.15) is 44.2 Å². The first-order valence-electron chi connectivity index (χ1n) is 7.33. The van der Waals surface area contributed by atoms with E-state index in [0.29, 0.717) is 18.2 Å². The molecule has 0 aliphatic heterocycles. The minimum Gasteiger partial charge on any atom is -0.385 e. The Hall–Kier alpha value is -1.23. The van der Waals surface area contributed by atoms with E-state index < -0.39 is 11.6 Å². The molecule has 1 N–H and O–H groups in total. The van der Waals surface area contributed by atoms with Crippen LogP contribution in [0.3, 0.4) is 0 Å². The molecule has 2 nitrogen and oxygen atoms in total. The predicted octanol–water partition coefficient (Wildman–Crippen LogP) is 5.36. The molecule has 0 bridgehead atoms. The lowest BCUT2D eigenvalue weighted by molar-refractivity contribution is 0.608. The number of aromatic nitrogens is 1. The summed E-state index contributed by atoms with van der Waals surface area (Å²) in [6.07, 6.45) is 4.51. The van der Waals surface area contributed by atoms with E-state index >= 15 is 0 Å². The van der Waals surface area contributed by atoms with Gasteiger partial charge in [-0.1, -0.05) is 12.8 Å². The van der Waals surface area contributed by atoms with Crippen molar-refractivity contribution < 1.29 is 8.78 Å². The van der Waals surface area contributed by atoms with Crippen molar-refractivity contribution in [2.24, 2.45) is 0 Å². The van der Waals surface area contributed by atoms with Crippen LogP contribution in [0.25, 0.3) is 10.9 Å². The third-order valence-corrected chi connectivity index (χ3v) is 4.67. The number of pyridine rings is 1. The number of nitrogens with zero attached hydrogens (tertiary/aromatic N) is 1. The Balaban J connectivity index is 2.25. The quantitative estimate of drug-likeness (QED) is 0.750. The topological polar surface area (TPSA) is 24.9 Å². The van der Waals surface area contributed by atoms with Crippen LogP contribution in [0.5, 0.6) is 0 Å². The molecule has 1 aromatic carbocycles. The summed E-state index contributed by atoms with van der Waals surface area (Å²) in [5.41, 5.74) is 1.62. The molecule has 0 unspecified atom stereocenters. The number of benzene rings is 1. The molecule has 3 rings (SSSR count). The lowest BCUT2D eigenvalue weighted by atomic mass is 10.0. The fraction of sp³-hybridized carbons (Fsp3) is 0.438. The van der Waals surface area contributed by atoms with Crippen LogP contribution in [0.15, 0.2) is 16.6 Å². The van der Waals surface area contributed by atoms with Crippen LogP contribution < -0.4 is 5.32 Å². The molecular formula is C16H17BrF2N2. The average molecular weight is 355 g/mol. The minimum atomic E-state index is -0.489. The zero-order valence-electron chi connectivity index (χ0n) is 11.8. The Kier molecular flexibility index (Phi) is 4.11. The van der Waals surface area contributed by atoms with Crippen molar-refractivity contribution in [3.05, 3.63) is 33.9 Å². The highest BCUT2D eigenvalue weighted by Gasteiger charge is 2.22. The van der Waals surface area contributed by atoms with Gasteiger partial charge in [-0.05, 0) is 47.8 Å². The molecule has 1 heterocycles. The molecule has 112 valence electrons. The monoisotopic (exact) mass is 354 g/mol. The average Bonchev–Trinajstić information content (AvgIpc) is 2.99. The smallest absolute Gasteiger partial charge is 0.150 e. The number of anilines is 1. The predicted molar refractivity (Wildman–Crippen MR) is 84.7 cm³/mol. The Morgan fingerprint density at radius 1 is 1.29 bits per heavy atom. The van der Waals surface area contributed by atoms with E-state index in [2.05, 4.69) is 26.2 Å². The second-order valence-electron chi connectivity index (χ2n) is 5.48. The summed E-state index contributed by atoms with van der Waals surface area (Å²) < 4.78 is 28.7. The van der Waals surface area contributed by atoms with Gasteiger partial charge in [0.05, 0.1) is 9.86 Å².